The number of nitrogens with one attached hydrogen (secondary N) is 1. The number of anilines is 1. The number of rotatable bonds is 5. The van der Waals surface area contributed by atoms with Gasteiger partial charge in [-0.3, -0.25) is 14.2 Å². The second-order valence-corrected chi connectivity index (χ2v) is 8.93. The van der Waals surface area contributed by atoms with Gasteiger partial charge >= 0.3 is 0 Å². The first-order valence-electron chi connectivity index (χ1n) is 9.64. The lowest BCUT2D eigenvalue weighted by atomic mass is 10.0. The van der Waals surface area contributed by atoms with Crippen molar-refractivity contribution in [3.05, 3.63) is 80.6 Å². The number of hydrogen-bond donors (Lipinski definition) is 1. The molecule has 30 heavy (non-hydrogen) atoms. The number of carbonyl (C=O) groups excluding carboxylic acids is 1. The monoisotopic (exact) mass is 481 g/mol. The van der Waals surface area contributed by atoms with E-state index >= 15 is 0 Å². The molecule has 2 aromatic carbocycles. The van der Waals surface area contributed by atoms with Gasteiger partial charge < -0.3 is 5.32 Å². The van der Waals surface area contributed by atoms with Gasteiger partial charge in [0.15, 0.2) is 0 Å². The summed E-state index contributed by atoms with van der Waals surface area (Å²) < 4.78 is 2.39. The first-order chi connectivity index (χ1) is 14.5. The molecular weight excluding hydrogens is 462 g/mol. The van der Waals surface area contributed by atoms with Crippen LogP contribution in [0.3, 0.4) is 0 Å². The first kappa shape index (κ1) is 20.5. The average Bonchev–Trinajstić information content (AvgIpc) is 3.14. The van der Waals surface area contributed by atoms with Crippen LogP contribution in [0.4, 0.5) is 5.69 Å². The molecule has 0 saturated carbocycles. The fourth-order valence-electron chi connectivity index (χ4n) is 3.39. The van der Waals surface area contributed by atoms with E-state index in [4.69, 9.17) is 0 Å². The first-order valence-corrected chi connectivity index (χ1v) is 11.2. The molecule has 0 aliphatic rings. The molecule has 1 unspecified atom stereocenters. The summed E-state index contributed by atoms with van der Waals surface area (Å²) in [6, 6.07) is 16.4. The molecule has 0 bridgehead atoms. The number of aromatic nitrogens is 2. The normalized spacial score (nSPS) is 12.1. The van der Waals surface area contributed by atoms with Gasteiger partial charge in [-0.25, -0.2) is 4.98 Å². The Morgan fingerprint density at radius 1 is 1.17 bits per heavy atom. The lowest BCUT2D eigenvalue weighted by Crippen LogP contribution is -2.31. The largest absolute Gasteiger partial charge is 0.324 e. The number of aryl methyl sites for hydroxylation is 1. The van der Waals surface area contributed by atoms with Crippen molar-refractivity contribution in [3.8, 4) is 11.1 Å². The molecule has 2 aromatic heterocycles. The maximum atomic E-state index is 13.5. The maximum Gasteiger partial charge on any atom is 0.263 e. The van der Waals surface area contributed by atoms with Crippen LogP contribution in [0.1, 0.15) is 24.8 Å². The molecule has 0 spiro atoms. The Kier molecular flexibility index (Phi) is 5.83. The number of amides is 1. The van der Waals surface area contributed by atoms with Gasteiger partial charge in [0.25, 0.3) is 5.56 Å². The average molecular weight is 482 g/mol. The summed E-state index contributed by atoms with van der Waals surface area (Å²) in [5.74, 6) is -0.263. The zero-order valence-corrected chi connectivity index (χ0v) is 19.0. The number of para-hydroxylation sites is 1. The van der Waals surface area contributed by atoms with Gasteiger partial charge in [-0.2, -0.15) is 0 Å². The van der Waals surface area contributed by atoms with E-state index in [0.717, 1.165) is 26.9 Å². The summed E-state index contributed by atoms with van der Waals surface area (Å²) in [5.41, 5.74) is 2.37. The Hall–Kier alpha value is -2.77. The molecule has 0 radical (unpaired) electrons. The molecular formula is C23H20BrN3O2S. The highest BCUT2D eigenvalue weighted by atomic mass is 79.9. The van der Waals surface area contributed by atoms with E-state index < -0.39 is 6.04 Å². The second kappa shape index (κ2) is 8.53. The zero-order chi connectivity index (χ0) is 21.3. The van der Waals surface area contributed by atoms with Crippen molar-refractivity contribution in [1.29, 1.82) is 0 Å². The van der Waals surface area contributed by atoms with Crippen LogP contribution >= 0.6 is 27.3 Å². The van der Waals surface area contributed by atoms with Crippen molar-refractivity contribution >= 4 is 49.1 Å². The summed E-state index contributed by atoms with van der Waals surface area (Å²) >= 11 is 4.99. The lowest BCUT2D eigenvalue weighted by Gasteiger charge is -2.15. The summed E-state index contributed by atoms with van der Waals surface area (Å²) in [7, 11) is 0. The van der Waals surface area contributed by atoms with Gasteiger partial charge in [0, 0.05) is 20.6 Å². The number of carbonyl (C=O) groups is 1. The van der Waals surface area contributed by atoms with Crippen LogP contribution in [0.25, 0.3) is 21.3 Å². The highest BCUT2D eigenvalue weighted by Crippen LogP contribution is 2.37. The molecule has 0 aliphatic heterocycles. The molecule has 0 aliphatic carbocycles. The highest BCUT2D eigenvalue weighted by molar-refractivity contribution is 9.10. The number of halogens is 1. The van der Waals surface area contributed by atoms with Crippen LogP contribution < -0.4 is 10.9 Å². The minimum atomic E-state index is -0.697. The molecule has 4 aromatic rings. The summed E-state index contributed by atoms with van der Waals surface area (Å²) in [4.78, 5) is 32.5. The van der Waals surface area contributed by atoms with E-state index in [1.54, 1.807) is 6.92 Å². The Labute approximate surface area is 186 Å². The van der Waals surface area contributed by atoms with Crippen molar-refractivity contribution in [1.82, 2.24) is 9.55 Å². The minimum absolute atomic E-state index is 0.204. The van der Waals surface area contributed by atoms with Crippen molar-refractivity contribution in [2.24, 2.45) is 0 Å². The number of benzene rings is 2. The Bertz CT molecular complexity index is 1260. The molecule has 1 amide bonds. The predicted molar refractivity (Wildman–Crippen MR) is 126 cm³/mol. The standard InChI is InChI=1S/C23H20BrN3O2S/c1-3-18-19(15-9-11-16(24)12-10-15)20-22(30-18)25-13-27(23(20)29)14(2)21(28)26-17-7-5-4-6-8-17/h4-14H,3H2,1-2H3,(H,26,28). The molecule has 2 heterocycles. The minimum Gasteiger partial charge on any atom is -0.324 e. The van der Waals surface area contributed by atoms with E-state index in [9.17, 15) is 9.59 Å². The SMILES string of the molecule is CCc1sc2ncn(C(C)C(=O)Nc3ccccc3)c(=O)c2c1-c1ccc(Br)cc1. The lowest BCUT2D eigenvalue weighted by molar-refractivity contribution is -0.118. The Balaban J connectivity index is 1.80. The quantitative estimate of drug-likeness (QED) is 0.400. The Morgan fingerprint density at radius 3 is 2.53 bits per heavy atom. The molecule has 4 rings (SSSR count). The second-order valence-electron chi connectivity index (χ2n) is 6.93. The summed E-state index contributed by atoms with van der Waals surface area (Å²) in [6.07, 6.45) is 2.27. The fourth-order valence-corrected chi connectivity index (χ4v) is 4.75. The van der Waals surface area contributed by atoms with Crippen LogP contribution in [0.15, 0.2) is 70.2 Å². The van der Waals surface area contributed by atoms with E-state index in [1.807, 2.05) is 54.6 Å². The topological polar surface area (TPSA) is 64.0 Å². The van der Waals surface area contributed by atoms with E-state index in [-0.39, 0.29) is 11.5 Å². The molecule has 0 saturated heterocycles. The van der Waals surface area contributed by atoms with Crippen molar-refractivity contribution in [3.63, 3.8) is 0 Å². The van der Waals surface area contributed by atoms with Crippen LogP contribution in [-0.4, -0.2) is 15.5 Å². The summed E-state index contributed by atoms with van der Waals surface area (Å²) in [6.45, 7) is 3.78. The van der Waals surface area contributed by atoms with Gasteiger partial charge in [-0.15, -0.1) is 11.3 Å². The number of nitrogens with zero attached hydrogens (tertiary/aromatic N) is 2. The maximum absolute atomic E-state index is 13.5. The van der Waals surface area contributed by atoms with Gasteiger partial charge in [-0.05, 0) is 43.2 Å². The third kappa shape index (κ3) is 3.82. The van der Waals surface area contributed by atoms with Crippen LogP contribution in [0.2, 0.25) is 0 Å². The fraction of sp³-hybridized carbons (Fsp3) is 0.174. The van der Waals surface area contributed by atoms with Gasteiger partial charge in [0.1, 0.15) is 10.9 Å². The van der Waals surface area contributed by atoms with Crippen LogP contribution in [0.5, 0.6) is 0 Å². The molecule has 5 nitrogen and oxygen atoms in total. The smallest absolute Gasteiger partial charge is 0.263 e. The highest BCUT2D eigenvalue weighted by Gasteiger charge is 2.22. The number of fused-ring (bicyclic) bond motifs is 1. The molecule has 1 N–H and O–H groups in total. The van der Waals surface area contributed by atoms with Crippen LogP contribution in [-0.2, 0) is 11.2 Å². The van der Waals surface area contributed by atoms with Crippen molar-refractivity contribution in [2.75, 3.05) is 5.32 Å². The van der Waals surface area contributed by atoms with E-state index in [1.165, 1.54) is 22.2 Å². The molecule has 152 valence electrons. The van der Waals surface area contributed by atoms with E-state index in [2.05, 4.69) is 33.2 Å². The van der Waals surface area contributed by atoms with Crippen molar-refractivity contribution in [2.45, 2.75) is 26.3 Å². The summed E-state index contributed by atoms with van der Waals surface area (Å²) in [5, 5.41) is 3.43. The Morgan fingerprint density at radius 2 is 1.87 bits per heavy atom. The van der Waals surface area contributed by atoms with Gasteiger partial charge in [0.2, 0.25) is 5.91 Å². The third-order valence-electron chi connectivity index (χ3n) is 5.00. The van der Waals surface area contributed by atoms with Crippen molar-refractivity contribution < 1.29 is 4.79 Å². The predicted octanol–water partition coefficient (Wildman–Crippen LogP) is 5.65. The number of thiophene rings is 1. The van der Waals surface area contributed by atoms with Crippen LogP contribution in [0, 0.1) is 0 Å². The van der Waals surface area contributed by atoms with E-state index in [0.29, 0.717) is 15.9 Å². The third-order valence-corrected chi connectivity index (χ3v) is 6.77. The van der Waals surface area contributed by atoms with Gasteiger partial charge in [-0.1, -0.05) is 53.2 Å². The zero-order valence-electron chi connectivity index (χ0n) is 16.6. The molecule has 1 atom stereocenters. The van der Waals surface area contributed by atoms with Gasteiger partial charge in [0.05, 0.1) is 11.7 Å². The number of hydrogen-bond acceptors (Lipinski definition) is 4. The molecule has 7 heteroatoms. The molecule has 0 fully saturated rings.